The molecule has 0 aliphatic rings. The summed E-state index contributed by atoms with van der Waals surface area (Å²) in [7, 11) is 2.49. The van der Waals surface area contributed by atoms with Gasteiger partial charge in [0.15, 0.2) is 0 Å². The number of hydrogen-bond donors (Lipinski definition) is 0. The maximum Gasteiger partial charge on any atom is 0.258 e. The molecule has 1 atom stereocenters. The standard InChI is InChI=1S/C19H34NO3P/c1-16(2)20(17(3)4)24(22-6)23-15-9-7-8-10-18-11-13-19(21-5)14-12-18/h11-14,16-17H,7-10,15H2,1-6H3. The largest absolute Gasteiger partial charge is 0.497 e. The van der Waals surface area contributed by atoms with Crippen LogP contribution in [0.2, 0.25) is 0 Å². The molecule has 1 rings (SSSR count). The lowest BCUT2D eigenvalue weighted by atomic mass is 10.1. The predicted octanol–water partition coefficient (Wildman–Crippen LogP) is 5.42. The molecule has 0 radical (unpaired) electrons. The first kappa shape index (κ1) is 21.4. The first-order valence-electron chi connectivity index (χ1n) is 8.88. The minimum Gasteiger partial charge on any atom is -0.497 e. The summed E-state index contributed by atoms with van der Waals surface area (Å²) in [4.78, 5) is 0. The predicted molar refractivity (Wildman–Crippen MR) is 103 cm³/mol. The zero-order valence-corrected chi connectivity index (χ0v) is 17.0. The fourth-order valence-electron chi connectivity index (χ4n) is 2.73. The van der Waals surface area contributed by atoms with Crippen LogP contribution < -0.4 is 4.74 Å². The number of methoxy groups -OCH3 is 1. The molecule has 0 amide bonds. The molecule has 0 heterocycles. The van der Waals surface area contributed by atoms with Crippen molar-refractivity contribution in [3.63, 3.8) is 0 Å². The average molecular weight is 355 g/mol. The molecule has 0 saturated heterocycles. The van der Waals surface area contributed by atoms with E-state index in [9.17, 15) is 0 Å². The van der Waals surface area contributed by atoms with Gasteiger partial charge in [0, 0.05) is 19.2 Å². The highest BCUT2D eigenvalue weighted by Gasteiger charge is 2.25. The van der Waals surface area contributed by atoms with Gasteiger partial charge in [-0.3, -0.25) is 0 Å². The second kappa shape index (κ2) is 11.8. The zero-order valence-electron chi connectivity index (χ0n) is 16.1. The summed E-state index contributed by atoms with van der Waals surface area (Å²) < 4.78 is 19.1. The normalized spacial score (nSPS) is 13.0. The van der Waals surface area contributed by atoms with E-state index in [0.717, 1.165) is 25.2 Å². The van der Waals surface area contributed by atoms with E-state index in [-0.39, 0.29) is 0 Å². The maximum absolute atomic E-state index is 6.01. The number of unbranched alkanes of at least 4 members (excludes halogenated alkanes) is 2. The van der Waals surface area contributed by atoms with Gasteiger partial charge >= 0.3 is 0 Å². The van der Waals surface area contributed by atoms with Crippen molar-refractivity contribution >= 4 is 8.53 Å². The van der Waals surface area contributed by atoms with Crippen molar-refractivity contribution in [3.05, 3.63) is 29.8 Å². The summed E-state index contributed by atoms with van der Waals surface area (Å²) in [6.07, 6.45) is 4.52. The van der Waals surface area contributed by atoms with Gasteiger partial charge in [-0.05, 0) is 64.7 Å². The molecule has 0 aliphatic heterocycles. The Balaban J connectivity index is 2.24. The highest BCUT2D eigenvalue weighted by molar-refractivity contribution is 7.44. The van der Waals surface area contributed by atoms with Crippen LogP contribution in [0, 0.1) is 0 Å². The minimum atomic E-state index is -0.952. The van der Waals surface area contributed by atoms with E-state index >= 15 is 0 Å². The highest BCUT2D eigenvalue weighted by atomic mass is 31.2. The van der Waals surface area contributed by atoms with Crippen LogP contribution in [0.4, 0.5) is 0 Å². The van der Waals surface area contributed by atoms with Gasteiger partial charge in [-0.2, -0.15) is 0 Å². The molecule has 0 aromatic heterocycles. The fraction of sp³-hybridized carbons (Fsp3) is 0.684. The molecule has 0 bridgehead atoms. The lowest BCUT2D eigenvalue weighted by Gasteiger charge is -2.34. The number of ether oxygens (including phenoxy) is 1. The Morgan fingerprint density at radius 3 is 2.04 bits per heavy atom. The van der Waals surface area contributed by atoms with Crippen LogP contribution in [0.5, 0.6) is 5.75 Å². The molecule has 138 valence electrons. The van der Waals surface area contributed by atoms with Crippen LogP contribution in [-0.4, -0.2) is 37.6 Å². The van der Waals surface area contributed by atoms with Gasteiger partial charge in [-0.1, -0.05) is 18.6 Å². The lowest BCUT2D eigenvalue weighted by molar-refractivity contribution is 0.192. The molecule has 4 nitrogen and oxygen atoms in total. The van der Waals surface area contributed by atoms with Crippen molar-refractivity contribution < 1.29 is 13.8 Å². The molecule has 0 fully saturated rings. The molecule has 1 unspecified atom stereocenters. The van der Waals surface area contributed by atoms with Gasteiger partial charge in [-0.15, -0.1) is 0 Å². The van der Waals surface area contributed by atoms with E-state index in [1.807, 2.05) is 12.1 Å². The first-order valence-corrected chi connectivity index (χ1v) is 10.0. The molecule has 24 heavy (non-hydrogen) atoms. The van der Waals surface area contributed by atoms with Crippen molar-refractivity contribution in [2.75, 3.05) is 20.8 Å². The second-order valence-electron chi connectivity index (χ2n) is 6.48. The summed E-state index contributed by atoms with van der Waals surface area (Å²) in [6, 6.07) is 9.18. The molecule has 0 aliphatic carbocycles. The fourth-order valence-corrected chi connectivity index (χ4v) is 4.20. The van der Waals surface area contributed by atoms with Crippen molar-refractivity contribution in [3.8, 4) is 5.75 Å². The highest BCUT2D eigenvalue weighted by Crippen LogP contribution is 2.45. The monoisotopic (exact) mass is 355 g/mol. The molecule has 0 spiro atoms. The van der Waals surface area contributed by atoms with Crippen molar-refractivity contribution in [2.24, 2.45) is 0 Å². The van der Waals surface area contributed by atoms with Crippen LogP contribution in [0.3, 0.4) is 0 Å². The van der Waals surface area contributed by atoms with E-state index in [0.29, 0.717) is 12.1 Å². The van der Waals surface area contributed by atoms with Crippen LogP contribution >= 0.6 is 8.53 Å². The zero-order chi connectivity index (χ0) is 17.9. The summed E-state index contributed by atoms with van der Waals surface area (Å²) in [6.45, 7) is 9.51. The number of nitrogens with zero attached hydrogens (tertiary/aromatic N) is 1. The van der Waals surface area contributed by atoms with E-state index in [1.54, 1.807) is 14.2 Å². The SMILES string of the molecule is COc1ccc(CCCCCOP(OC)N(C(C)C)C(C)C)cc1. The lowest BCUT2D eigenvalue weighted by Crippen LogP contribution is -2.33. The van der Waals surface area contributed by atoms with E-state index in [1.165, 1.54) is 18.4 Å². The Morgan fingerprint density at radius 2 is 1.54 bits per heavy atom. The Morgan fingerprint density at radius 1 is 0.917 bits per heavy atom. The van der Waals surface area contributed by atoms with Crippen molar-refractivity contribution in [2.45, 2.75) is 65.5 Å². The van der Waals surface area contributed by atoms with Crippen LogP contribution in [0.15, 0.2) is 24.3 Å². The van der Waals surface area contributed by atoms with Crippen LogP contribution in [-0.2, 0) is 15.5 Å². The Kier molecular flexibility index (Phi) is 10.5. The Bertz CT molecular complexity index is 429. The maximum atomic E-state index is 6.01. The van der Waals surface area contributed by atoms with Crippen molar-refractivity contribution in [1.29, 1.82) is 0 Å². The third kappa shape index (κ3) is 7.48. The van der Waals surface area contributed by atoms with E-state index < -0.39 is 8.53 Å². The summed E-state index contributed by atoms with van der Waals surface area (Å²) in [5, 5.41) is 0. The third-order valence-electron chi connectivity index (χ3n) is 3.87. The second-order valence-corrected chi connectivity index (χ2v) is 8.04. The Hall–Kier alpha value is -0.670. The third-order valence-corrected chi connectivity index (χ3v) is 5.89. The van der Waals surface area contributed by atoms with Crippen LogP contribution in [0.25, 0.3) is 0 Å². The number of aryl methyl sites for hydroxylation is 1. The molecule has 0 saturated carbocycles. The summed E-state index contributed by atoms with van der Waals surface area (Å²) in [5.41, 5.74) is 1.36. The molecule has 1 aromatic rings. The number of benzene rings is 1. The van der Waals surface area contributed by atoms with E-state index in [4.69, 9.17) is 13.8 Å². The molecule has 5 heteroatoms. The van der Waals surface area contributed by atoms with Gasteiger partial charge in [0.1, 0.15) is 5.75 Å². The quantitative estimate of drug-likeness (QED) is 0.370. The molecule has 0 N–H and O–H groups in total. The smallest absolute Gasteiger partial charge is 0.258 e. The van der Waals surface area contributed by atoms with Gasteiger partial charge in [-0.25, -0.2) is 4.67 Å². The van der Waals surface area contributed by atoms with Gasteiger partial charge in [0.25, 0.3) is 8.53 Å². The van der Waals surface area contributed by atoms with Gasteiger partial charge < -0.3 is 13.8 Å². The van der Waals surface area contributed by atoms with Crippen LogP contribution in [0.1, 0.15) is 52.5 Å². The van der Waals surface area contributed by atoms with Gasteiger partial charge in [0.2, 0.25) is 0 Å². The first-order chi connectivity index (χ1) is 11.5. The number of rotatable bonds is 12. The van der Waals surface area contributed by atoms with Crippen molar-refractivity contribution in [1.82, 2.24) is 4.67 Å². The Labute approximate surface area is 149 Å². The van der Waals surface area contributed by atoms with Gasteiger partial charge in [0.05, 0.1) is 13.7 Å². The molecule has 1 aromatic carbocycles. The summed E-state index contributed by atoms with van der Waals surface area (Å²) in [5.74, 6) is 0.917. The molecular weight excluding hydrogens is 321 g/mol. The molecular formula is C19H34NO3P. The number of hydrogen-bond acceptors (Lipinski definition) is 4. The summed E-state index contributed by atoms with van der Waals surface area (Å²) >= 11 is 0. The van der Waals surface area contributed by atoms with E-state index in [2.05, 4.69) is 44.5 Å². The minimum absolute atomic E-state index is 0.422. The topological polar surface area (TPSA) is 30.9 Å². The average Bonchev–Trinajstić information content (AvgIpc) is 2.56.